The number of nitrogens with zero attached hydrogens (tertiary/aromatic N) is 1. The fourth-order valence-electron chi connectivity index (χ4n) is 3.12. The molecule has 0 bridgehead atoms. The molecular formula is C19H20ClIN2O3S. The topological polar surface area (TPSA) is 66.5 Å². The molecular weight excluding hydrogens is 499 g/mol. The van der Waals surface area contributed by atoms with Gasteiger partial charge in [-0.1, -0.05) is 23.7 Å². The molecule has 0 aromatic heterocycles. The van der Waals surface area contributed by atoms with E-state index < -0.39 is 16.1 Å². The predicted molar refractivity (Wildman–Crippen MR) is 114 cm³/mol. The van der Waals surface area contributed by atoms with Crippen LogP contribution in [-0.2, 0) is 21.4 Å². The SMILES string of the molecule is O=C1NCCCCC1N(Cc1cccc(I)c1)S(=O)(=O)c1ccc(Cl)cc1. The number of halogens is 2. The van der Waals surface area contributed by atoms with Crippen LogP contribution in [0, 0.1) is 3.57 Å². The Balaban J connectivity index is 2.02. The summed E-state index contributed by atoms with van der Waals surface area (Å²) < 4.78 is 29.1. The third kappa shape index (κ3) is 5.01. The molecule has 3 rings (SSSR count). The quantitative estimate of drug-likeness (QED) is 0.612. The van der Waals surface area contributed by atoms with Crippen LogP contribution < -0.4 is 5.32 Å². The number of nitrogens with one attached hydrogen (secondary N) is 1. The van der Waals surface area contributed by atoms with E-state index in [9.17, 15) is 13.2 Å². The highest BCUT2D eigenvalue weighted by Gasteiger charge is 2.36. The lowest BCUT2D eigenvalue weighted by Gasteiger charge is -2.29. The molecule has 1 fully saturated rings. The van der Waals surface area contributed by atoms with Crippen LogP contribution in [0.3, 0.4) is 0 Å². The lowest BCUT2D eigenvalue weighted by molar-refractivity contribution is -0.124. The van der Waals surface area contributed by atoms with E-state index in [-0.39, 0.29) is 17.3 Å². The van der Waals surface area contributed by atoms with E-state index in [1.807, 2.05) is 24.3 Å². The third-order valence-electron chi connectivity index (χ3n) is 4.50. The lowest BCUT2D eigenvalue weighted by atomic mass is 10.1. The second kappa shape index (κ2) is 8.89. The average Bonchev–Trinajstić information content (AvgIpc) is 2.84. The van der Waals surface area contributed by atoms with Gasteiger partial charge in [0.05, 0.1) is 4.90 Å². The minimum atomic E-state index is -3.87. The Kier molecular flexibility index (Phi) is 6.78. The van der Waals surface area contributed by atoms with Crippen molar-refractivity contribution >= 4 is 50.1 Å². The number of hydrogen-bond donors (Lipinski definition) is 1. The van der Waals surface area contributed by atoms with E-state index in [0.717, 1.165) is 22.0 Å². The van der Waals surface area contributed by atoms with Gasteiger partial charge in [0.25, 0.3) is 0 Å². The summed E-state index contributed by atoms with van der Waals surface area (Å²) in [5, 5.41) is 3.30. The maximum atomic E-state index is 13.4. The van der Waals surface area contributed by atoms with Crippen molar-refractivity contribution in [1.29, 1.82) is 0 Å². The number of hydrogen-bond acceptors (Lipinski definition) is 3. The number of sulfonamides is 1. The normalized spacial score (nSPS) is 18.2. The molecule has 1 aliphatic rings. The van der Waals surface area contributed by atoms with Crippen molar-refractivity contribution in [3.05, 3.63) is 62.7 Å². The molecule has 1 heterocycles. The third-order valence-corrected chi connectivity index (χ3v) is 7.29. The van der Waals surface area contributed by atoms with E-state index in [2.05, 4.69) is 27.9 Å². The number of carbonyl (C=O) groups excluding carboxylic acids is 1. The minimum Gasteiger partial charge on any atom is -0.355 e. The van der Waals surface area contributed by atoms with Crippen LogP contribution in [0.2, 0.25) is 5.02 Å². The van der Waals surface area contributed by atoms with Crippen molar-refractivity contribution < 1.29 is 13.2 Å². The highest BCUT2D eigenvalue weighted by atomic mass is 127. The Hall–Kier alpha value is -1.16. The predicted octanol–water partition coefficient (Wildman–Crippen LogP) is 3.80. The van der Waals surface area contributed by atoms with Crippen LogP contribution in [-0.4, -0.2) is 31.2 Å². The van der Waals surface area contributed by atoms with Crippen LogP contribution in [0.4, 0.5) is 0 Å². The van der Waals surface area contributed by atoms with Crippen LogP contribution >= 0.6 is 34.2 Å². The van der Waals surface area contributed by atoms with Gasteiger partial charge in [-0.3, -0.25) is 4.79 Å². The summed E-state index contributed by atoms with van der Waals surface area (Å²) >= 11 is 8.10. The summed E-state index contributed by atoms with van der Waals surface area (Å²) in [4.78, 5) is 12.7. The van der Waals surface area contributed by atoms with Crippen molar-refractivity contribution in [3.8, 4) is 0 Å². The van der Waals surface area contributed by atoms with Gasteiger partial charge in [0.15, 0.2) is 0 Å². The van der Waals surface area contributed by atoms with E-state index in [0.29, 0.717) is 18.0 Å². The molecule has 1 N–H and O–H groups in total. The summed E-state index contributed by atoms with van der Waals surface area (Å²) in [5.41, 5.74) is 0.844. The second-order valence-electron chi connectivity index (χ2n) is 6.44. The number of amides is 1. The summed E-state index contributed by atoms with van der Waals surface area (Å²) in [6.07, 6.45) is 2.14. The average molecular weight is 519 g/mol. The smallest absolute Gasteiger partial charge is 0.244 e. The zero-order chi connectivity index (χ0) is 19.4. The maximum absolute atomic E-state index is 13.4. The summed E-state index contributed by atoms with van der Waals surface area (Å²) in [5.74, 6) is -0.240. The van der Waals surface area contributed by atoms with Gasteiger partial charge in [0.2, 0.25) is 15.9 Å². The molecule has 1 amide bonds. The van der Waals surface area contributed by atoms with Crippen LogP contribution in [0.25, 0.3) is 0 Å². The summed E-state index contributed by atoms with van der Waals surface area (Å²) in [6, 6.07) is 13.0. The molecule has 1 atom stereocenters. The van der Waals surface area contributed by atoms with Crippen LogP contribution in [0.5, 0.6) is 0 Å². The van der Waals surface area contributed by atoms with E-state index in [4.69, 9.17) is 11.6 Å². The molecule has 1 saturated heterocycles. The first-order valence-electron chi connectivity index (χ1n) is 8.67. The first kappa shape index (κ1) is 20.6. The molecule has 2 aromatic rings. The Labute approximate surface area is 178 Å². The first-order chi connectivity index (χ1) is 12.9. The Morgan fingerprint density at radius 2 is 1.89 bits per heavy atom. The molecule has 1 aliphatic heterocycles. The van der Waals surface area contributed by atoms with Gasteiger partial charge in [0, 0.05) is 21.7 Å². The van der Waals surface area contributed by atoms with Gasteiger partial charge >= 0.3 is 0 Å². The van der Waals surface area contributed by atoms with Gasteiger partial charge in [-0.15, -0.1) is 0 Å². The Morgan fingerprint density at radius 3 is 2.59 bits per heavy atom. The molecule has 5 nitrogen and oxygen atoms in total. The zero-order valence-corrected chi connectivity index (χ0v) is 18.3. The van der Waals surface area contributed by atoms with Crippen molar-refractivity contribution in [2.75, 3.05) is 6.54 Å². The molecule has 8 heteroatoms. The van der Waals surface area contributed by atoms with E-state index in [1.54, 1.807) is 12.1 Å². The fraction of sp³-hybridized carbons (Fsp3) is 0.316. The Morgan fingerprint density at radius 1 is 1.15 bits per heavy atom. The van der Waals surface area contributed by atoms with Gasteiger partial charge < -0.3 is 5.32 Å². The number of carbonyl (C=O) groups is 1. The van der Waals surface area contributed by atoms with E-state index >= 15 is 0 Å². The van der Waals surface area contributed by atoms with Crippen LogP contribution in [0.15, 0.2) is 53.4 Å². The fourth-order valence-corrected chi connectivity index (χ4v) is 5.46. The molecule has 0 radical (unpaired) electrons. The number of rotatable bonds is 5. The second-order valence-corrected chi connectivity index (χ2v) is 10.0. The lowest BCUT2D eigenvalue weighted by Crippen LogP contribution is -2.48. The molecule has 0 aliphatic carbocycles. The summed E-state index contributed by atoms with van der Waals surface area (Å²) in [6.45, 7) is 0.716. The van der Waals surface area contributed by atoms with Gasteiger partial charge in [0.1, 0.15) is 6.04 Å². The largest absolute Gasteiger partial charge is 0.355 e. The van der Waals surface area contributed by atoms with E-state index in [1.165, 1.54) is 16.4 Å². The highest BCUT2D eigenvalue weighted by molar-refractivity contribution is 14.1. The Bertz CT molecular complexity index is 919. The molecule has 0 saturated carbocycles. The monoisotopic (exact) mass is 518 g/mol. The van der Waals surface area contributed by atoms with Crippen LogP contribution in [0.1, 0.15) is 24.8 Å². The standard InChI is InChI=1S/C19H20ClIN2O3S/c20-15-7-9-17(10-8-15)27(25,26)23(13-14-4-3-5-16(21)12-14)18-6-1-2-11-22-19(18)24/h3-5,7-10,12,18H,1-2,6,11,13H2,(H,22,24). The molecule has 1 unspecified atom stereocenters. The zero-order valence-electron chi connectivity index (χ0n) is 14.6. The van der Waals surface area contributed by atoms with Gasteiger partial charge in [-0.2, -0.15) is 4.31 Å². The van der Waals surface area contributed by atoms with Crippen molar-refractivity contribution in [2.24, 2.45) is 0 Å². The van der Waals surface area contributed by atoms with Crippen molar-refractivity contribution in [2.45, 2.75) is 36.7 Å². The highest BCUT2D eigenvalue weighted by Crippen LogP contribution is 2.26. The molecule has 2 aromatic carbocycles. The van der Waals surface area contributed by atoms with Gasteiger partial charge in [-0.05, 0) is 83.8 Å². The molecule has 0 spiro atoms. The van der Waals surface area contributed by atoms with Crippen molar-refractivity contribution in [3.63, 3.8) is 0 Å². The van der Waals surface area contributed by atoms with Gasteiger partial charge in [-0.25, -0.2) is 8.42 Å². The summed E-state index contributed by atoms with van der Waals surface area (Å²) in [7, 11) is -3.87. The first-order valence-corrected chi connectivity index (χ1v) is 11.6. The maximum Gasteiger partial charge on any atom is 0.244 e. The molecule has 27 heavy (non-hydrogen) atoms. The van der Waals surface area contributed by atoms with Crippen molar-refractivity contribution in [1.82, 2.24) is 9.62 Å². The minimum absolute atomic E-state index is 0.134. The number of benzene rings is 2. The molecule has 144 valence electrons.